The molecule has 0 unspecified atom stereocenters. The number of rotatable bonds is 5. The van der Waals surface area contributed by atoms with Gasteiger partial charge in [0.05, 0.1) is 6.33 Å². The average molecular weight is 215 g/mol. The van der Waals surface area contributed by atoms with Gasteiger partial charge in [-0.05, 0) is 12.5 Å². The van der Waals surface area contributed by atoms with E-state index in [4.69, 9.17) is 0 Å². The molecule has 0 atom stereocenters. The Hall–Kier alpha value is -1.61. The van der Waals surface area contributed by atoms with Gasteiger partial charge < -0.3 is 10.3 Å². The van der Waals surface area contributed by atoms with Crippen molar-refractivity contribution in [3.8, 4) is 0 Å². The second-order valence-electron chi connectivity index (χ2n) is 3.99. The molecule has 0 aliphatic heterocycles. The van der Waals surface area contributed by atoms with E-state index in [0.29, 0.717) is 0 Å². The van der Waals surface area contributed by atoms with Gasteiger partial charge in [-0.2, -0.15) is 0 Å². The van der Waals surface area contributed by atoms with Crippen LogP contribution in [-0.4, -0.2) is 16.5 Å². The summed E-state index contributed by atoms with van der Waals surface area (Å²) in [6.45, 7) is 4.00. The van der Waals surface area contributed by atoms with E-state index in [-0.39, 0.29) is 0 Å². The fourth-order valence-electron chi connectivity index (χ4n) is 1.58. The molecule has 1 heterocycles. The van der Waals surface area contributed by atoms with E-state index in [1.54, 1.807) is 6.33 Å². The third kappa shape index (κ3) is 3.21. The topological polar surface area (TPSA) is 40.7 Å². The molecule has 16 heavy (non-hydrogen) atoms. The zero-order valence-electron chi connectivity index (χ0n) is 9.53. The Bertz CT molecular complexity index is 403. The van der Waals surface area contributed by atoms with Crippen molar-refractivity contribution in [1.82, 2.24) is 15.3 Å². The van der Waals surface area contributed by atoms with Crippen molar-refractivity contribution in [2.75, 3.05) is 6.54 Å². The van der Waals surface area contributed by atoms with E-state index in [1.165, 1.54) is 16.8 Å². The average Bonchev–Trinajstić information content (AvgIpc) is 2.80. The molecular formula is C13H17N3. The zero-order chi connectivity index (χ0) is 11.2. The fourth-order valence-corrected chi connectivity index (χ4v) is 1.58. The Morgan fingerprint density at radius 3 is 2.75 bits per heavy atom. The lowest BCUT2D eigenvalue weighted by atomic mass is 10.1. The number of hydrogen-bond donors (Lipinski definition) is 2. The SMILES string of the molecule is Cc1ccc(CNCCc2cnc[nH]2)cc1. The molecule has 0 aliphatic rings. The van der Waals surface area contributed by atoms with Gasteiger partial charge in [0.2, 0.25) is 0 Å². The molecule has 3 nitrogen and oxygen atoms in total. The van der Waals surface area contributed by atoms with Crippen LogP contribution in [0.4, 0.5) is 0 Å². The Morgan fingerprint density at radius 1 is 1.25 bits per heavy atom. The molecule has 3 heteroatoms. The number of benzene rings is 1. The molecule has 2 N–H and O–H groups in total. The third-order valence-corrected chi connectivity index (χ3v) is 2.58. The lowest BCUT2D eigenvalue weighted by molar-refractivity contribution is 0.681. The van der Waals surface area contributed by atoms with E-state index in [1.807, 2.05) is 6.20 Å². The summed E-state index contributed by atoms with van der Waals surface area (Å²) in [6.07, 6.45) is 4.58. The number of aromatic amines is 1. The van der Waals surface area contributed by atoms with E-state index in [0.717, 1.165) is 19.5 Å². The number of hydrogen-bond acceptors (Lipinski definition) is 2. The molecule has 1 aromatic heterocycles. The van der Waals surface area contributed by atoms with Gasteiger partial charge in [0, 0.05) is 31.4 Å². The van der Waals surface area contributed by atoms with E-state index >= 15 is 0 Å². The van der Waals surface area contributed by atoms with Crippen molar-refractivity contribution < 1.29 is 0 Å². The van der Waals surface area contributed by atoms with Crippen molar-refractivity contribution in [1.29, 1.82) is 0 Å². The maximum atomic E-state index is 3.99. The minimum atomic E-state index is 0.925. The van der Waals surface area contributed by atoms with Crippen LogP contribution in [0.15, 0.2) is 36.8 Å². The lowest BCUT2D eigenvalue weighted by Crippen LogP contribution is -2.16. The molecular weight excluding hydrogens is 198 g/mol. The quantitative estimate of drug-likeness (QED) is 0.749. The molecule has 0 saturated carbocycles. The van der Waals surface area contributed by atoms with Gasteiger partial charge in [-0.25, -0.2) is 4.98 Å². The standard InChI is InChI=1S/C13H17N3/c1-11-2-4-12(5-3-11)8-14-7-6-13-9-15-10-16-13/h2-5,9-10,14H,6-8H2,1H3,(H,15,16). The van der Waals surface area contributed by atoms with Crippen molar-refractivity contribution >= 4 is 0 Å². The highest BCUT2D eigenvalue weighted by Gasteiger charge is 1.94. The van der Waals surface area contributed by atoms with E-state index < -0.39 is 0 Å². The summed E-state index contributed by atoms with van der Waals surface area (Å²) >= 11 is 0. The highest BCUT2D eigenvalue weighted by molar-refractivity contribution is 5.21. The van der Waals surface area contributed by atoms with Gasteiger partial charge in [-0.1, -0.05) is 29.8 Å². The Kier molecular flexibility index (Phi) is 3.72. The third-order valence-electron chi connectivity index (χ3n) is 2.58. The van der Waals surface area contributed by atoms with Crippen LogP contribution in [-0.2, 0) is 13.0 Å². The van der Waals surface area contributed by atoms with Crippen LogP contribution < -0.4 is 5.32 Å². The minimum absolute atomic E-state index is 0.925. The number of aryl methyl sites for hydroxylation is 1. The minimum Gasteiger partial charge on any atom is -0.348 e. The summed E-state index contributed by atoms with van der Waals surface area (Å²) in [5, 5.41) is 3.41. The van der Waals surface area contributed by atoms with E-state index in [9.17, 15) is 0 Å². The maximum Gasteiger partial charge on any atom is 0.0921 e. The number of H-pyrrole nitrogens is 1. The number of nitrogens with one attached hydrogen (secondary N) is 2. The zero-order valence-corrected chi connectivity index (χ0v) is 9.53. The lowest BCUT2D eigenvalue weighted by Gasteiger charge is -2.04. The predicted octanol–water partition coefficient (Wildman–Crippen LogP) is 2.05. The Labute approximate surface area is 95.9 Å². The summed E-state index contributed by atoms with van der Waals surface area (Å²) in [5.41, 5.74) is 3.81. The fraction of sp³-hybridized carbons (Fsp3) is 0.308. The van der Waals surface area contributed by atoms with Crippen LogP contribution in [0.3, 0.4) is 0 Å². The molecule has 84 valence electrons. The number of aromatic nitrogens is 2. The van der Waals surface area contributed by atoms with Crippen molar-refractivity contribution in [2.24, 2.45) is 0 Å². The first-order valence-corrected chi connectivity index (χ1v) is 5.58. The van der Waals surface area contributed by atoms with Crippen molar-refractivity contribution in [3.63, 3.8) is 0 Å². The molecule has 0 spiro atoms. The molecule has 0 bridgehead atoms. The predicted molar refractivity (Wildman–Crippen MR) is 65.2 cm³/mol. The van der Waals surface area contributed by atoms with Crippen LogP contribution in [0.2, 0.25) is 0 Å². The highest BCUT2D eigenvalue weighted by Crippen LogP contribution is 2.02. The molecule has 0 amide bonds. The van der Waals surface area contributed by atoms with Gasteiger partial charge in [-0.15, -0.1) is 0 Å². The molecule has 2 aromatic rings. The number of nitrogens with zero attached hydrogens (tertiary/aromatic N) is 1. The van der Waals surface area contributed by atoms with Gasteiger partial charge in [-0.3, -0.25) is 0 Å². The summed E-state index contributed by atoms with van der Waals surface area (Å²) < 4.78 is 0. The Balaban J connectivity index is 1.70. The molecule has 0 radical (unpaired) electrons. The largest absolute Gasteiger partial charge is 0.348 e. The molecule has 0 aliphatic carbocycles. The molecule has 2 rings (SSSR count). The van der Waals surface area contributed by atoms with Crippen molar-refractivity contribution in [3.05, 3.63) is 53.6 Å². The first kappa shape index (κ1) is 10.9. The normalized spacial score (nSPS) is 10.6. The van der Waals surface area contributed by atoms with Crippen LogP contribution >= 0.6 is 0 Å². The molecule has 0 saturated heterocycles. The van der Waals surface area contributed by atoms with Gasteiger partial charge in [0.25, 0.3) is 0 Å². The summed E-state index contributed by atoms with van der Waals surface area (Å²) in [4.78, 5) is 7.08. The maximum absolute atomic E-state index is 3.99. The van der Waals surface area contributed by atoms with Gasteiger partial charge in [0.15, 0.2) is 0 Å². The number of imidazole rings is 1. The second-order valence-corrected chi connectivity index (χ2v) is 3.99. The van der Waals surface area contributed by atoms with Crippen LogP contribution in [0.1, 0.15) is 16.8 Å². The molecule has 0 fully saturated rings. The second kappa shape index (κ2) is 5.47. The Morgan fingerprint density at radius 2 is 2.06 bits per heavy atom. The van der Waals surface area contributed by atoms with Crippen LogP contribution in [0.25, 0.3) is 0 Å². The highest BCUT2D eigenvalue weighted by atomic mass is 14.9. The van der Waals surface area contributed by atoms with Crippen molar-refractivity contribution in [2.45, 2.75) is 19.9 Å². The van der Waals surface area contributed by atoms with E-state index in [2.05, 4.69) is 46.5 Å². The van der Waals surface area contributed by atoms with Crippen LogP contribution in [0.5, 0.6) is 0 Å². The van der Waals surface area contributed by atoms with Gasteiger partial charge >= 0.3 is 0 Å². The smallest absolute Gasteiger partial charge is 0.0921 e. The first-order chi connectivity index (χ1) is 7.84. The summed E-state index contributed by atoms with van der Waals surface area (Å²) in [5.74, 6) is 0. The summed E-state index contributed by atoms with van der Waals surface area (Å²) in [7, 11) is 0. The van der Waals surface area contributed by atoms with Crippen LogP contribution in [0, 0.1) is 6.92 Å². The summed E-state index contributed by atoms with van der Waals surface area (Å²) in [6, 6.07) is 8.62. The first-order valence-electron chi connectivity index (χ1n) is 5.58. The van der Waals surface area contributed by atoms with Gasteiger partial charge in [0.1, 0.15) is 0 Å². The molecule has 1 aromatic carbocycles. The monoisotopic (exact) mass is 215 g/mol.